The van der Waals surface area contributed by atoms with Crippen LogP contribution in [0.5, 0.6) is 0 Å². The number of carbonyl (C=O) groups is 1. The highest BCUT2D eigenvalue weighted by molar-refractivity contribution is 5.98. The standard InChI is InChI=1S/C29H23N5O2/c30-28-27(29(36)34-26-21-11-5-4-9-18(21)16-23(26)35)32-25(24(33-28)17-7-2-1-3-8-17)20-12-13-22-19(15-20)10-6-14-31-22/h1-15,23,26,35H,16H2,(H2,30,33)(H,34,36)/t23-,26-/m0/s1. The first-order valence-electron chi connectivity index (χ1n) is 11.7. The van der Waals surface area contributed by atoms with Gasteiger partial charge in [0.1, 0.15) is 0 Å². The van der Waals surface area contributed by atoms with Crippen molar-refractivity contribution in [1.29, 1.82) is 0 Å². The second-order valence-electron chi connectivity index (χ2n) is 8.85. The predicted octanol–water partition coefficient (Wildman–Crippen LogP) is 4.33. The number of nitrogens with two attached hydrogens (primary N) is 1. The molecular weight excluding hydrogens is 450 g/mol. The lowest BCUT2D eigenvalue weighted by atomic mass is 10.0. The maximum atomic E-state index is 13.4. The average Bonchev–Trinajstić information content (AvgIpc) is 3.23. The highest BCUT2D eigenvalue weighted by atomic mass is 16.3. The highest BCUT2D eigenvalue weighted by Gasteiger charge is 2.33. The van der Waals surface area contributed by atoms with Crippen molar-refractivity contribution in [2.24, 2.45) is 0 Å². The number of nitrogen functional groups attached to an aromatic ring is 1. The maximum absolute atomic E-state index is 13.4. The Kier molecular flexibility index (Phi) is 5.39. The predicted molar refractivity (Wildman–Crippen MR) is 139 cm³/mol. The van der Waals surface area contributed by atoms with Gasteiger partial charge in [-0.1, -0.05) is 66.7 Å². The summed E-state index contributed by atoms with van der Waals surface area (Å²) in [7, 11) is 0. The van der Waals surface area contributed by atoms with Crippen LogP contribution in [0.25, 0.3) is 33.4 Å². The number of rotatable bonds is 4. The van der Waals surface area contributed by atoms with E-state index in [0.29, 0.717) is 17.8 Å². The Morgan fingerprint density at radius 2 is 1.67 bits per heavy atom. The Hall–Kier alpha value is -4.62. The number of aromatic nitrogens is 3. The fourth-order valence-electron chi connectivity index (χ4n) is 4.79. The smallest absolute Gasteiger partial charge is 0.274 e. The molecule has 1 aliphatic rings. The molecule has 0 spiro atoms. The van der Waals surface area contributed by atoms with E-state index in [2.05, 4.69) is 15.3 Å². The van der Waals surface area contributed by atoms with Gasteiger partial charge in [0.25, 0.3) is 5.91 Å². The summed E-state index contributed by atoms with van der Waals surface area (Å²) in [5.41, 5.74) is 11.8. The van der Waals surface area contributed by atoms with Gasteiger partial charge in [0.05, 0.1) is 29.1 Å². The zero-order chi connectivity index (χ0) is 24.6. The number of benzene rings is 3. The molecule has 0 unspecified atom stereocenters. The van der Waals surface area contributed by atoms with E-state index >= 15 is 0 Å². The summed E-state index contributed by atoms with van der Waals surface area (Å²) in [6.45, 7) is 0. The lowest BCUT2D eigenvalue weighted by molar-refractivity contribution is 0.0854. The third-order valence-electron chi connectivity index (χ3n) is 6.55. The summed E-state index contributed by atoms with van der Waals surface area (Å²) in [5.74, 6) is -0.456. The Morgan fingerprint density at radius 3 is 2.53 bits per heavy atom. The van der Waals surface area contributed by atoms with Gasteiger partial charge in [-0.25, -0.2) is 9.97 Å². The summed E-state index contributed by atoms with van der Waals surface area (Å²) in [5, 5.41) is 14.5. The maximum Gasteiger partial charge on any atom is 0.274 e. The van der Waals surface area contributed by atoms with Gasteiger partial charge in [0.2, 0.25) is 0 Å². The molecule has 0 aliphatic heterocycles. The number of anilines is 1. The quantitative estimate of drug-likeness (QED) is 0.358. The van der Waals surface area contributed by atoms with Crippen LogP contribution in [0.2, 0.25) is 0 Å². The summed E-state index contributed by atoms with van der Waals surface area (Å²) in [6, 6.07) is 26.4. The SMILES string of the molecule is Nc1nc(-c2ccccc2)c(-c2ccc3ncccc3c2)nc1C(=O)N[C@H]1c2ccccc2C[C@@H]1O. The fourth-order valence-corrected chi connectivity index (χ4v) is 4.79. The number of fused-ring (bicyclic) bond motifs is 2. The summed E-state index contributed by atoms with van der Waals surface area (Å²) in [6.07, 6.45) is 1.50. The molecule has 6 rings (SSSR count). The molecule has 0 fully saturated rings. The molecule has 4 N–H and O–H groups in total. The van der Waals surface area contributed by atoms with Gasteiger partial charge in [0.15, 0.2) is 11.5 Å². The third kappa shape index (κ3) is 3.85. The van der Waals surface area contributed by atoms with Crippen LogP contribution >= 0.6 is 0 Å². The Bertz CT molecular complexity index is 1600. The van der Waals surface area contributed by atoms with Crippen molar-refractivity contribution in [2.75, 3.05) is 5.73 Å². The number of aliphatic hydroxyl groups excluding tert-OH is 1. The van der Waals surface area contributed by atoms with E-state index in [1.165, 1.54) is 0 Å². The van der Waals surface area contributed by atoms with Crippen molar-refractivity contribution in [1.82, 2.24) is 20.3 Å². The first kappa shape index (κ1) is 21.9. The van der Waals surface area contributed by atoms with E-state index in [9.17, 15) is 9.90 Å². The van der Waals surface area contributed by atoms with Crippen LogP contribution in [0.1, 0.15) is 27.7 Å². The van der Waals surface area contributed by atoms with Crippen molar-refractivity contribution in [2.45, 2.75) is 18.6 Å². The monoisotopic (exact) mass is 473 g/mol. The van der Waals surface area contributed by atoms with Gasteiger partial charge in [-0.2, -0.15) is 0 Å². The summed E-state index contributed by atoms with van der Waals surface area (Å²) < 4.78 is 0. The molecule has 1 amide bonds. The Morgan fingerprint density at radius 1 is 0.889 bits per heavy atom. The van der Waals surface area contributed by atoms with Gasteiger partial charge in [-0.15, -0.1) is 0 Å². The molecule has 0 saturated heterocycles. The van der Waals surface area contributed by atoms with Crippen LogP contribution in [0.4, 0.5) is 5.82 Å². The molecule has 36 heavy (non-hydrogen) atoms. The van der Waals surface area contributed by atoms with Crippen LogP contribution in [-0.2, 0) is 6.42 Å². The molecule has 2 atom stereocenters. The number of hydrogen-bond donors (Lipinski definition) is 3. The molecule has 7 heteroatoms. The van der Waals surface area contributed by atoms with Crippen LogP contribution in [0.3, 0.4) is 0 Å². The molecule has 7 nitrogen and oxygen atoms in total. The number of pyridine rings is 1. The second-order valence-corrected chi connectivity index (χ2v) is 8.85. The first-order valence-corrected chi connectivity index (χ1v) is 11.7. The lowest BCUT2D eigenvalue weighted by Gasteiger charge is -2.19. The summed E-state index contributed by atoms with van der Waals surface area (Å²) in [4.78, 5) is 27.2. The summed E-state index contributed by atoms with van der Waals surface area (Å²) >= 11 is 0. The lowest BCUT2D eigenvalue weighted by Crippen LogP contribution is -2.35. The van der Waals surface area contributed by atoms with E-state index in [0.717, 1.165) is 33.2 Å². The topological polar surface area (TPSA) is 114 Å². The molecule has 2 heterocycles. The zero-order valence-electron chi connectivity index (χ0n) is 19.3. The molecule has 2 aromatic heterocycles. The molecule has 0 bridgehead atoms. The molecule has 3 aromatic carbocycles. The number of hydrogen-bond acceptors (Lipinski definition) is 6. The van der Waals surface area contributed by atoms with Crippen LogP contribution in [-0.4, -0.2) is 32.1 Å². The van der Waals surface area contributed by atoms with Gasteiger partial charge >= 0.3 is 0 Å². The number of amides is 1. The van der Waals surface area contributed by atoms with Crippen LogP contribution in [0, 0.1) is 0 Å². The number of nitrogens with one attached hydrogen (secondary N) is 1. The Labute approximate surface area is 207 Å². The van der Waals surface area contributed by atoms with Gasteiger partial charge in [-0.3, -0.25) is 9.78 Å². The van der Waals surface area contributed by atoms with Crippen molar-refractivity contribution in [3.8, 4) is 22.5 Å². The van der Waals surface area contributed by atoms with Gasteiger partial charge in [-0.05, 0) is 29.3 Å². The van der Waals surface area contributed by atoms with Crippen molar-refractivity contribution in [3.63, 3.8) is 0 Å². The van der Waals surface area contributed by atoms with Crippen molar-refractivity contribution >= 4 is 22.6 Å². The number of aliphatic hydroxyl groups is 1. The van der Waals surface area contributed by atoms with E-state index in [1.807, 2.05) is 84.9 Å². The molecule has 1 aliphatic carbocycles. The average molecular weight is 474 g/mol. The molecule has 5 aromatic rings. The number of carbonyl (C=O) groups excluding carboxylic acids is 1. The minimum Gasteiger partial charge on any atom is -0.390 e. The van der Waals surface area contributed by atoms with E-state index < -0.39 is 18.1 Å². The zero-order valence-corrected chi connectivity index (χ0v) is 19.3. The Balaban J connectivity index is 1.45. The highest BCUT2D eigenvalue weighted by Crippen LogP contribution is 2.34. The van der Waals surface area contributed by atoms with Crippen molar-refractivity contribution < 1.29 is 9.90 Å². The molecule has 0 saturated carbocycles. The van der Waals surface area contributed by atoms with E-state index in [1.54, 1.807) is 6.20 Å². The van der Waals surface area contributed by atoms with Crippen LogP contribution < -0.4 is 11.1 Å². The van der Waals surface area contributed by atoms with Gasteiger partial charge < -0.3 is 16.2 Å². The van der Waals surface area contributed by atoms with Crippen molar-refractivity contribution in [3.05, 3.63) is 108 Å². The minimum atomic E-state index is -0.725. The van der Waals surface area contributed by atoms with E-state index in [4.69, 9.17) is 10.7 Å². The molecule has 176 valence electrons. The van der Waals surface area contributed by atoms with E-state index in [-0.39, 0.29) is 11.5 Å². The van der Waals surface area contributed by atoms with Gasteiger partial charge in [0, 0.05) is 29.1 Å². The normalized spacial score (nSPS) is 16.6. The molecular formula is C29H23N5O2. The second kappa shape index (κ2) is 8.87. The third-order valence-corrected chi connectivity index (χ3v) is 6.55. The first-order chi connectivity index (χ1) is 17.6. The largest absolute Gasteiger partial charge is 0.390 e. The number of nitrogens with zero attached hydrogens (tertiary/aromatic N) is 3. The fraction of sp³-hybridized carbons (Fsp3) is 0.103. The molecule has 0 radical (unpaired) electrons. The van der Waals surface area contributed by atoms with Crippen LogP contribution in [0.15, 0.2) is 91.1 Å². The minimum absolute atomic E-state index is 0.0209.